The Hall–Kier alpha value is -1.31. The predicted molar refractivity (Wildman–Crippen MR) is 66.3 cm³/mol. The summed E-state index contributed by atoms with van der Waals surface area (Å²) in [6.45, 7) is 10.2. The largest absolute Gasteiger partial charge is 0.478 e. The summed E-state index contributed by atoms with van der Waals surface area (Å²) in [6, 6.07) is 3.94. The monoisotopic (exact) mass is 220 g/mol. The van der Waals surface area contributed by atoms with E-state index in [2.05, 4.69) is 33.8 Å². The fourth-order valence-electron chi connectivity index (χ4n) is 1.92. The first-order valence-corrected chi connectivity index (χ1v) is 5.72. The molecule has 0 aliphatic carbocycles. The summed E-state index contributed by atoms with van der Waals surface area (Å²) >= 11 is 0. The molecule has 2 heteroatoms. The van der Waals surface area contributed by atoms with Gasteiger partial charge in [0.1, 0.15) is 0 Å². The number of hydrogen-bond donors (Lipinski definition) is 1. The topological polar surface area (TPSA) is 37.3 Å². The van der Waals surface area contributed by atoms with Gasteiger partial charge in [-0.15, -0.1) is 0 Å². The maximum Gasteiger partial charge on any atom is 0.335 e. The molecule has 0 aliphatic heterocycles. The molecule has 0 bridgehead atoms. The lowest BCUT2D eigenvalue weighted by atomic mass is 9.89. The summed E-state index contributed by atoms with van der Waals surface area (Å²) in [6.07, 6.45) is 0. The van der Waals surface area contributed by atoms with Crippen LogP contribution in [0.2, 0.25) is 0 Å². The van der Waals surface area contributed by atoms with Crippen molar-refractivity contribution in [3.63, 3.8) is 0 Å². The molecule has 16 heavy (non-hydrogen) atoms. The van der Waals surface area contributed by atoms with Crippen LogP contribution in [0.25, 0.3) is 0 Å². The van der Waals surface area contributed by atoms with Crippen molar-refractivity contribution < 1.29 is 9.90 Å². The van der Waals surface area contributed by atoms with Gasteiger partial charge < -0.3 is 5.11 Å². The highest BCUT2D eigenvalue weighted by Gasteiger charge is 2.15. The van der Waals surface area contributed by atoms with Gasteiger partial charge in [0.05, 0.1) is 5.56 Å². The number of aromatic carboxylic acids is 1. The van der Waals surface area contributed by atoms with Crippen molar-refractivity contribution in [1.82, 2.24) is 0 Å². The van der Waals surface area contributed by atoms with Gasteiger partial charge in [-0.25, -0.2) is 4.79 Å². The predicted octanol–water partition coefficient (Wildman–Crippen LogP) is 3.94. The van der Waals surface area contributed by atoms with Crippen molar-refractivity contribution in [3.8, 4) is 0 Å². The molecule has 1 aromatic carbocycles. The van der Waals surface area contributed by atoms with Crippen molar-refractivity contribution in [2.75, 3.05) is 0 Å². The van der Waals surface area contributed by atoms with E-state index in [0.717, 1.165) is 16.7 Å². The minimum atomic E-state index is -0.832. The van der Waals surface area contributed by atoms with E-state index < -0.39 is 5.97 Å². The van der Waals surface area contributed by atoms with Crippen LogP contribution in [0.1, 0.15) is 66.6 Å². The van der Waals surface area contributed by atoms with E-state index in [-0.39, 0.29) is 0 Å². The second-order valence-electron chi connectivity index (χ2n) is 4.90. The SMILES string of the molecule is Cc1c(C(=O)O)cc(C(C)C)cc1C(C)C. The van der Waals surface area contributed by atoms with Crippen molar-refractivity contribution in [2.24, 2.45) is 0 Å². The summed E-state index contributed by atoms with van der Waals surface area (Å²) in [5, 5.41) is 9.18. The molecule has 1 aromatic rings. The molecule has 0 saturated carbocycles. The Morgan fingerprint density at radius 2 is 1.69 bits per heavy atom. The average Bonchev–Trinajstić information content (AvgIpc) is 2.16. The highest BCUT2D eigenvalue weighted by molar-refractivity contribution is 5.90. The summed E-state index contributed by atoms with van der Waals surface area (Å²) in [5.74, 6) is -0.116. The Balaban J connectivity index is 3.45. The van der Waals surface area contributed by atoms with E-state index in [4.69, 9.17) is 0 Å². The van der Waals surface area contributed by atoms with Gasteiger partial charge in [0.2, 0.25) is 0 Å². The Morgan fingerprint density at radius 3 is 2.06 bits per heavy atom. The first-order valence-electron chi connectivity index (χ1n) is 5.72. The zero-order chi connectivity index (χ0) is 12.5. The number of rotatable bonds is 3. The summed E-state index contributed by atoms with van der Waals surface area (Å²) in [4.78, 5) is 11.2. The molecule has 0 spiro atoms. The van der Waals surface area contributed by atoms with Crippen LogP contribution in [0.5, 0.6) is 0 Å². The highest BCUT2D eigenvalue weighted by atomic mass is 16.4. The molecular formula is C14H20O2. The van der Waals surface area contributed by atoms with Crippen molar-refractivity contribution in [3.05, 3.63) is 34.4 Å². The minimum absolute atomic E-state index is 0.358. The van der Waals surface area contributed by atoms with Gasteiger partial charge in [0.15, 0.2) is 0 Å². The van der Waals surface area contributed by atoms with Crippen LogP contribution in [0.15, 0.2) is 12.1 Å². The molecule has 0 heterocycles. The van der Waals surface area contributed by atoms with Crippen LogP contribution in [-0.2, 0) is 0 Å². The molecule has 0 atom stereocenters. The molecule has 0 unspecified atom stereocenters. The van der Waals surface area contributed by atoms with Crippen LogP contribution in [0.3, 0.4) is 0 Å². The molecule has 0 saturated heterocycles. The standard InChI is InChI=1S/C14H20O2/c1-8(2)11-6-12(9(3)4)10(5)13(7-11)14(15)16/h6-9H,1-5H3,(H,15,16). The molecule has 0 amide bonds. The zero-order valence-corrected chi connectivity index (χ0v) is 10.7. The Kier molecular flexibility index (Phi) is 3.74. The van der Waals surface area contributed by atoms with Crippen molar-refractivity contribution >= 4 is 5.97 Å². The first-order chi connectivity index (χ1) is 7.34. The maximum absolute atomic E-state index is 11.2. The molecule has 1 rings (SSSR count). The van der Waals surface area contributed by atoms with E-state index in [1.54, 1.807) is 6.07 Å². The quantitative estimate of drug-likeness (QED) is 0.837. The molecule has 0 aromatic heterocycles. The van der Waals surface area contributed by atoms with E-state index in [1.807, 2.05) is 6.92 Å². The van der Waals surface area contributed by atoms with Gasteiger partial charge in [-0.2, -0.15) is 0 Å². The average molecular weight is 220 g/mol. The Morgan fingerprint density at radius 1 is 1.12 bits per heavy atom. The maximum atomic E-state index is 11.2. The van der Waals surface area contributed by atoms with E-state index in [1.165, 1.54) is 0 Å². The van der Waals surface area contributed by atoms with Gasteiger partial charge in [0.25, 0.3) is 0 Å². The van der Waals surface area contributed by atoms with Crippen LogP contribution < -0.4 is 0 Å². The van der Waals surface area contributed by atoms with Gasteiger partial charge in [0, 0.05) is 0 Å². The third-order valence-electron chi connectivity index (χ3n) is 2.99. The summed E-state index contributed by atoms with van der Waals surface area (Å²) in [7, 11) is 0. The number of carboxylic acid groups (broad SMARTS) is 1. The lowest BCUT2D eigenvalue weighted by molar-refractivity contribution is 0.0696. The minimum Gasteiger partial charge on any atom is -0.478 e. The van der Waals surface area contributed by atoms with E-state index in [9.17, 15) is 9.90 Å². The zero-order valence-electron chi connectivity index (χ0n) is 10.7. The smallest absolute Gasteiger partial charge is 0.335 e. The van der Waals surface area contributed by atoms with Crippen LogP contribution in [0.4, 0.5) is 0 Å². The van der Waals surface area contributed by atoms with Crippen LogP contribution in [0, 0.1) is 6.92 Å². The highest BCUT2D eigenvalue weighted by Crippen LogP contribution is 2.27. The van der Waals surface area contributed by atoms with E-state index in [0.29, 0.717) is 17.4 Å². The number of hydrogen-bond acceptors (Lipinski definition) is 1. The lowest BCUT2D eigenvalue weighted by Crippen LogP contribution is -2.06. The van der Waals surface area contributed by atoms with E-state index >= 15 is 0 Å². The first kappa shape index (κ1) is 12.8. The fraction of sp³-hybridized carbons (Fsp3) is 0.500. The number of benzene rings is 1. The fourth-order valence-corrected chi connectivity index (χ4v) is 1.92. The third kappa shape index (κ3) is 2.43. The second kappa shape index (κ2) is 4.69. The van der Waals surface area contributed by atoms with Gasteiger partial charge in [-0.1, -0.05) is 33.8 Å². The Bertz CT molecular complexity index is 403. The lowest BCUT2D eigenvalue weighted by Gasteiger charge is -2.16. The van der Waals surface area contributed by atoms with Crippen LogP contribution in [-0.4, -0.2) is 11.1 Å². The summed E-state index contributed by atoms with van der Waals surface area (Å²) < 4.78 is 0. The van der Waals surface area contributed by atoms with Gasteiger partial charge >= 0.3 is 5.97 Å². The molecule has 2 nitrogen and oxygen atoms in total. The third-order valence-corrected chi connectivity index (χ3v) is 2.99. The van der Waals surface area contributed by atoms with Gasteiger partial charge in [-0.3, -0.25) is 0 Å². The molecule has 0 fully saturated rings. The van der Waals surface area contributed by atoms with Crippen LogP contribution >= 0.6 is 0 Å². The van der Waals surface area contributed by atoms with Crippen molar-refractivity contribution in [2.45, 2.75) is 46.5 Å². The van der Waals surface area contributed by atoms with Gasteiger partial charge in [-0.05, 0) is 41.5 Å². The summed E-state index contributed by atoms with van der Waals surface area (Å²) in [5.41, 5.74) is 3.58. The molecule has 0 aliphatic rings. The van der Waals surface area contributed by atoms with Crippen molar-refractivity contribution in [1.29, 1.82) is 0 Å². The molecule has 1 N–H and O–H groups in total. The molecular weight excluding hydrogens is 200 g/mol. The molecule has 0 radical (unpaired) electrons. The number of carbonyl (C=O) groups is 1. The normalized spacial score (nSPS) is 11.2. The number of carboxylic acids is 1. The second-order valence-corrected chi connectivity index (χ2v) is 4.90. The Labute approximate surface area is 97.3 Å². The molecule has 88 valence electrons.